The Kier molecular flexibility index (Phi) is 4.47. The quantitative estimate of drug-likeness (QED) is 0.720. The number of carbonyl (C=O) groups excluding carboxylic acids is 3. The summed E-state index contributed by atoms with van der Waals surface area (Å²) < 4.78 is 0. The molecule has 0 aromatic heterocycles. The zero-order chi connectivity index (χ0) is 14.5. The molecule has 1 aliphatic rings. The van der Waals surface area contributed by atoms with E-state index in [4.69, 9.17) is 5.73 Å². The normalized spacial score (nSPS) is 16.8. The minimum atomic E-state index is -0.453. The molecule has 3 N–H and O–H groups in total. The van der Waals surface area contributed by atoms with E-state index in [1.54, 1.807) is 0 Å². The summed E-state index contributed by atoms with van der Waals surface area (Å²) in [6.45, 7) is -0.161. The first-order valence-electron chi connectivity index (χ1n) is 6.44. The van der Waals surface area contributed by atoms with Crippen LogP contribution in [0.15, 0.2) is 30.3 Å². The number of piperazine rings is 1. The summed E-state index contributed by atoms with van der Waals surface area (Å²) >= 11 is 0. The van der Waals surface area contributed by atoms with Gasteiger partial charge in [0.25, 0.3) is 0 Å². The van der Waals surface area contributed by atoms with Crippen molar-refractivity contribution in [3.05, 3.63) is 35.9 Å². The van der Waals surface area contributed by atoms with Crippen molar-refractivity contribution in [1.82, 2.24) is 10.2 Å². The second-order valence-electron chi connectivity index (χ2n) is 4.88. The van der Waals surface area contributed by atoms with Gasteiger partial charge >= 0.3 is 0 Å². The van der Waals surface area contributed by atoms with Crippen LogP contribution in [0, 0.1) is 0 Å². The first-order valence-corrected chi connectivity index (χ1v) is 6.44. The molecule has 6 heteroatoms. The standard InChI is InChI=1S/C14H17N3O3/c15-11(6-10-4-2-1-3-5-10)7-14(20)17-8-12(18)16-13(19)9-17/h1-5,11H,6-9,15H2,(H,16,18,19). The van der Waals surface area contributed by atoms with Crippen LogP contribution in [0.4, 0.5) is 0 Å². The number of nitrogens with zero attached hydrogens (tertiary/aromatic N) is 1. The van der Waals surface area contributed by atoms with E-state index in [1.165, 1.54) is 4.90 Å². The van der Waals surface area contributed by atoms with Crippen molar-refractivity contribution >= 4 is 17.7 Å². The minimum Gasteiger partial charge on any atom is -0.327 e. The Hall–Kier alpha value is -2.21. The average molecular weight is 275 g/mol. The number of nitrogens with two attached hydrogens (primary N) is 1. The molecule has 3 amide bonds. The summed E-state index contributed by atoms with van der Waals surface area (Å²) in [5, 5.41) is 2.15. The number of rotatable bonds is 4. The molecule has 1 saturated heterocycles. The van der Waals surface area contributed by atoms with Crippen molar-refractivity contribution in [3.63, 3.8) is 0 Å². The molecule has 1 aromatic rings. The maximum atomic E-state index is 12.0. The number of benzene rings is 1. The van der Waals surface area contributed by atoms with Crippen LogP contribution in [0.3, 0.4) is 0 Å². The van der Waals surface area contributed by atoms with Gasteiger partial charge in [-0.05, 0) is 12.0 Å². The molecule has 1 aromatic carbocycles. The molecule has 1 aliphatic heterocycles. The number of amides is 3. The Morgan fingerprint density at radius 2 is 1.80 bits per heavy atom. The molecular weight excluding hydrogens is 258 g/mol. The molecular formula is C14H17N3O3. The summed E-state index contributed by atoms with van der Waals surface area (Å²) in [7, 11) is 0. The molecule has 20 heavy (non-hydrogen) atoms. The summed E-state index contributed by atoms with van der Waals surface area (Å²) in [6.07, 6.45) is 0.704. The molecule has 0 bridgehead atoms. The molecule has 1 unspecified atom stereocenters. The van der Waals surface area contributed by atoms with Gasteiger partial charge in [0.1, 0.15) is 13.1 Å². The molecule has 1 fully saturated rings. The fourth-order valence-electron chi connectivity index (χ4n) is 2.16. The minimum absolute atomic E-state index is 0.0807. The van der Waals surface area contributed by atoms with Crippen LogP contribution in [0.2, 0.25) is 0 Å². The van der Waals surface area contributed by atoms with Gasteiger partial charge in [0, 0.05) is 12.5 Å². The van der Waals surface area contributed by atoms with Crippen LogP contribution in [-0.4, -0.2) is 41.8 Å². The van der Waals surface area contributed by atoms with E-state index >= 15 is 0 Å². The SMILES string of the molecule is NC(CC(=O)N1CC(=O)NC(=O)C1)Cc1ccccc1. The van der Waals surface area contributed by atoms with Gasteiger partial charge in [0.05, 0.1) is 0 Å². The summed E-state index contributed by atoms with van der Waals surface area (Å²) in [6, 6.07) is 9.31. The molecule has 2 rings (SSSR count). The van der Waals surface area contributed by atoms with Crippen molar-refractivity contribution < 1.29 is 14.4 Å². The third-order valence-electron chi connectivity index (χ3n) is 3.08. The highest BCUT2D eigenvalue weighted by molar-refractivity contribution is 6.02. The highest BCUT2D eigenvalue weighted by Crippen LogP contribution is 2.07. The van der Waals surface area contributed by atoms with Gasteiger partial charge in [0.2, 0.25) is 17.7 Å². The Labute approximate surface area is 116 Å². The summed E-state index contributed by atoms with van der Waals surface area (Å²) in [4.78, 5) is 35.7. The fourth-order valence-corrected chi connectivity index (χ4v) is 2.16. The third-order valence-corrected chi connectivity index (χ3v) is 3.08. The zero-order valence-corrected chi connectivity index (χ0v) is 11.0. The Morgan fingerprint density at radius 3 is 2.40 bits per heavy atom. The van der Waals surface area contributed by atoms with Gasteiger partial charge in [-0.15, -0.1) is 0 Å². The Morgan fingerprint density at radius 1 is 1.20 bits per heavy atom. The molecule has 0 aliphatic carbocycles. The maximum absolute atomic E-state index is 12.0. The molecule has 6 nitrogen and oxygen atoms in total. The maximum Gasteiger partial charge on any atom is 0.246 e. The molecule has 0 spiro atoms. The average Bonchev–Trinajstić information content (AvgIpc) is 2.38. The Balaban J connectivity index is 1.87. The van der Waals surface area contributed by atoms with Gasteiger partial charge in [0.15, 0.2) is 0 Å². The summed E-state index contributed by atoms with van der Waals surface area (Å²) in [5.74, 6) is -1.17. The van der Waals surface area contributed by atoms with E-state index in [2.05, 4.69) is 5.32 Å². The van der Waals surface area contributed by atoms with E-state index in [0.717, 1.165) is 5.56 Å². The van der Waals surface area contributed by atoms with Crippen molar-refractivity contribution in [3.8, 4) is 0 Å². The fraction of sp³-hybridized carbons (Fsp3) is 0.357. The van der Waals surface area contributed by atoms with E-state index in [1.807, 2.05) is 30.3 Å². The predicted molar refractivity (Wildman–Crippen MR) is 72.5 cm³/mol. The highest BCUT2D eigenvalue weighted by Gasteiger charge is 2.27. The smallest absolute Gasteiger partial charge is 0.246 e. The van der Waals surface area contributed by atoms with Crippen LogP contribution < -0.4 is 11.1 Å². The zero-order valence-electron chi connectivity index (χ0n) is 11.0. The molecule has 1 atom stereocenters. The van der Waals surface area contributed by atoms with Crippen LogP contribution >= 0.6 is 0 Å². The lowest BCUT2D eigenvalue weighted by molar-refractivity contribution is -0.145. The molecule has 0 saturated carbocycles. The van der Waals surface area contributed by atoms with Crippen molar-refractivity contribution in [2.24, 2.45) is 5.73 Å². The lowest BCUT2D eigenvalue weighted by atomic mass is 10.0. The second-order valence-corrected chi connectivity index (χ2v) is 4.88. The van der Waals surface area contributed by atoms with Gasteiger partial charge in [-0.1, -0.05) is 30.3 Å². The van der Waals surface area contributed by atoms with Crippen LogP contribution in [-0.2, 0) is 20.8 Å². The van der Waals surface area contributed by atoms with Crippen molar-refractivity contribution in [2.75, 3.05) is 13.1 Å². The predicted octanol–water partition coefficient (Wildman–Crippen LogP) is -0.568. The summed E-state index contributed by atoms with van der Waals surface area (Å²) in [5.41, 5.74) is 7.01. The number of hydrogen-bond acceptors (Lipinski definition) is 4. The lowest BCUT2D eigenvalue weighted by Crippen LogP contribution is -2.54. The Bertz CT molecular complexity index is 500. The highest BCUT2D eigenvalue weighted by atomic mass is 16.2. The first kappa shape index (κ1) is 14.2. The number of nitrogens with one attached hydrogen (secondary N) is 1. The van der Waals surface area contributed by atoms with Gasteiger partial charge in [-0.25, -0.2) is 0 Å². The topological polar surface area (TPSA) is 92.5 Å². The lowest BCUT2D eigenvalue weighted by Gasteiger charge is -2.26. The second kappa shape index (κ2) is 6.29. The molecule has 0 radical (unpaired) electrons. The molecule has 106 valence electrons. The van der Waals surface area contributed by atoms with E-state index in [0.29, 0.717) is 6.42 Å². The van der Waals surface area contributed by atoms with E-state index in [-0.39, 0.29) is 31.5 Å². The van der Waals surface area contributed by atoms with Gasteiger partial charge in [-0.3, -0.25) is 19.7 Å². The molecule has 1 heterocycles. The van der Waals surface area contributed by atoms with Crippen LogP contribution in [0.1, 0.15) is 12.0 Å². The monoisotopic (exact) mass is 275 g/mol. The van der Waals surface area contributed by atoms with Crippen molar-refractivity contribution in [1.29, 1.82) is 0 Å². The van der Waals surface area contributed by atoms with Crippen molar-refractivity contribution in [2.45, 2.75) is 18.9 Å². The van der Waals surface area contributed by atoms with Gasteiger partial charge < -0.3 is 10.6 Å². The van der Waals surface area contributed by atoms with Crippen LogP contribution in [0.25, 0.3) is 0 Å². The van der Waals surface area contributed by atoms with Crippen LogP contribution in [0.5, 0.6) is 0 Å². The third kappa shape index (κ3) is 3.89. The number of carbonyl (C=O) groups is 3. The first-order chi connectivity index (χ1) is 9.54. The number of imide groups is 1. The largest absolute Gasteiger partial charge is 0.327 e. The van der Waals surface area contributed by atoms with Gasteiger partial charge in [-0.2, -0.15) is 0 Å². The van der Waals surface area contributed by atoms with E-state index < -0.39 is 11.8 Å². The van der Waals surface area contributed by atoms with E-state index in [9.17, 15) is 14.4 Å². The number of hydrogen-bond donors (Lipinski definition) is 2.